The Morgan fingerprint density at radius 2 is 0.783 bits per heavy atom. The Bertz CT molecular complexity index is 354. The van der Waals surface area contributed by atoms with Crippen molar-refractivity contribution in [1.82, 2.24) is 19.6 Å². The molecule has 0 aliphatic carbocycles. The first kappa shape index (κ1) is 22.7. The molecule has 0 aliphatic rings. The monoisotopic (exact) mass is 334 g/mol. The van der Waals surface area contributed by atoms with E-state index in [0.29, 0.717) is 0 Å². The Hall–Kier alpha value is -0.280. The van der Waals surface area contributed by atoms with Gasteiger partial charge in [-0.05, 0) is 83.8 Å². The lowest BCUT2D eigenvalue weighted by Crippen LogP contribution is -2.71. The van der Waals surface area contributed by atoms with E-state index in [4.69, 9.17) is 4.74 Å². The molecule has 0 aliphatic heterocycles. The molecule has 0 saturated heterocycles. The predicted octanol–water partition coefficient (Wildman–Crippen LogP) is 0.794. The standard InChI is InChI=1S/C16H38N4O3/c1-13(2,21)19(11)15(5,17(7)8)23-16(6,18(9)10)20(12)14(3,4)22/h21-22H,1-12H3. The van der Waals surface area contributed by atoms with E-state index in [1.165, 1.54) is 0 Å². The summed E-state index contributed by atoms with van der Waals surface area (Å²) in [7, 11) is 11.2. The molecular weight excluding hydrogens is 296 g/mol. The third kappa shape index (κ3) is 4.85. The first-order valence-electron chi connectivity index (χ1n) is 7.88. The van der Waals surface area contributed by atoms with Gasteiger partial charge in [0.05, 0.1) is 0 Å². The molecule has 2 atom stereocenters. The van der Waals surface area contributed by atoms with Crippen molar-refractivity contribution in [2.75, 3.05) is 42.3 Å². The fraction of sp³-hybridized carbons (Fsp3) is 1.00. The Labute approximate surface area is 142 Å². The van der Waals surface area contributed by atoms with E-state index in [0.717, 1.165) is 0 Å². The van der Waals surface area contributed by atoms with Crippen LogP contribution in [0, 0.1) is 0 Å². The van der Waals surface area contributed by atoms with Crippen LogP contribution in [0.4, 0.5) is 0 Å². The maximum Gasteiger partial charge on any atom is 0.181 e. The minimum Gasteiger partial charge on any atom is -0.376 e. The van der Waals surface area contributed by atoms with E-state index in [9.17, 15) is 10.2 Å². The molecule has 23 heavy (non-hydrogen) atoms. The number of aliphatic hydroxyl groups is 2. The maximum absolute atomic E-state index is 10.4. The molecule has 0 aromatic heterocycles. The fourth-order valence-electron chi connectivity index (χ4n) is 2.30. The SMILES string of the molecule is CN(C)C(C)(OC(C)(N(C)C)N(C)C(C)(C)O)N(C)C(C)(C)O. The van der Waals surface area contributed by atoms with Gasteiger partial charge in [-0.15, -0.1) is 0 Å². The van der Waals surface area contributed by atoms with Crippen LogP contribution in [0.2, 0.25) is 0 Å². The molecule has 0 bridgehead atoms. The summed E-state index contributed by atoms with van der Waals surface area (Å²) in [5.41, 5.74) is -2.17. The topological polar surface area (TPSA) is 62.7 Å². The predicted molar refractivity (Wildman–Crippen MR) is 93.4 cm³/mol. The zero-order valence-corrected chi connectivity index (χ0v) is 17.1. The second-order valence-electron chi connectivity index (χ2n) is 7.87. The highest BCUT2D eigenvalue weighted by Crippen LogP contribution is 2.34. The fourth-order valence-corrected chi connectivity index (χ4v) is 2.30. The van der Waals surface area contributed by atoms with Crippen molar-refractivity contribution < 1.29 is 14.9 Å². The van der Waals surface area contributed by atoms with Crippen LogP contribution in [0.3, 0.4) is 0 Å². The van der Waals surface area contributed by atoms with Gasteiger partial charge in [-0.2, -0.15) is 0 Å². The molecule has 140 valence electrons. The third-order valence-electron chi connectivity index (χ3n) is 4.93. The van der Waals surface area contributed by atoms with E-state index in [2.05, 4.69) is 0 Å². The Balaban J connectivity index is 5.95. The van der Waals surface area contributed by atoms with Crippen molar-refractivity contribution in [2.24, 2.45) is 0 Å². The lowest BCUT2D eigenvalue weighted by molar-refractivity contribution is -0.384. The minimum absolute atomic E-state index is 0.920. The molecule has 2 N–H and O–H groups in total. The van der Waals surface area contributed by atoms with Gasteiger partial charge in [0.25, 0.3) is 0 Å². The largest absolute Gasteiger partial charge is 0.376 e. The summed E-state index contributed by atoms with van der Waals surface area (Å²) in [4.78, 5) is 7.29. The average Bonchev–Trinajstić information content (AvgIpc) is 2.33. The quantitative estimate of drug-likeness (QED) is 0.637. The van der Waals surface area contributed by atoms with E-state index < -0.39 is 23.1 Å². The van der Waals surface area contributed by atoms with Crippen molar-refractivity contribution in [3.8, 4) is 0 Å². The van der Waals surface area contributed by atoms with Crippen LogP contribution in [0.15, 0.2) is 0 Å². The molecule has 0 fully saturated rings. The van der Waals surface area contributed by atoms with Gasteiger partial charge in [-0.1, -0.05) is 0 Å². The van der Waals surface area contributed by atoms with Gasteiger partial charge in [0, 0.05) is 0 Å². The number of nitrogens with zero attached hydrogens (tertiary/aromatic N) is 4. The van der Waals surface area contributed by atoms with E-state index in [1.807, 2.05) is 51.8 Å². The Morgan fingerprint density at radius 3 is 0.913 bits per heavy atom. The first-order valence-corrected chi connectivity index (χ1v) is 7.88. The van der Waals surface area contributed by atoms with Crippen LogP contribution in [0.1, 0.15) is 41.5 Å². The summed E-state index contributed by atoms with van der Waals surface area (Å²) in [5.74, 6) is -1.84. The minimum atomic E-state index is -1.08. The lowest BCUT2D eigenvalue weighted by Gasteiger charge is -2.56. The molecule has 2 unspecified atom stereocenters. The zero-order chi connectivity index (χ0) is 19.0. The highest BCUT2D eigenvalue weighted by atomic mass is 16.6. The second kappa shape index (κ2) is 6.92. The normalized spacial score (nSPS) is 19.6. The third-order valence-corrected chi connectivity index (χ3v) is 4.93. The molecule has 0 radical (unpaired) electrons. The Kier molecular flexibility index (Phi) is 6.83. The van der Waals surface area contributed by atoms with Crippen LogP contribution >= 0.6 is 0 Å². The van der Waals surface area contributed by atoms with E-state index >= 15 is 0 Å². The second-order valence-corrected chi connectivity index (χ2v) is 7.87. The van der Waals surface area contributed by atoms with Gasteiger partial charge >= 0.3 is 0 Å². The van der Waals surface area contributed by atoms with Gasteiger partial charge in [0.15, 0.2) is 11.7 Å². The average molecular weight is 335 g/mol. The van der Waals surface area contributed by atoms with E-state index in [-0.39, 0.29) is 0 Å². The molecule has 7 nitrogen and oxygen atoms in total. The number of rotatable bonds is 8. The maximum atomic E-state index is 10.4. The molecule has 7 heteroatoms. The van der Waals surface area contributed by atoms with Crippen molar-refractivity contribution in [3.05, 3.63) is 0 Å². The van der Waals surface area contributed by atoms with Gasteiger partial charge in [-0.3, -0.25) is 9.80 Å². The summed E-state index contributed by atoms with van der Waals surface area (Å²) in [6, 6.07) is 0. The van der Waals surface area contributed by atoms with Gasteiger partial charge in [-0.25, -0.2) is 9.80 Å². The molecule has 0 amide bonds. The summed E-state index contributed by atoms with van der Waals surface area (Å²) in [6.45, 7) is 10.6. The van der Waals surface area contributed by atoms with Crippen molar-refractivity contribution in [3.63, 3.8) is 0 Å². The number of hydrogen-bond donors (Lipinski definition) is 2. The smallest absolute Gasteiger partial charge is 0.181 e. The van der Waals surface area contributed by atoms with Gasteiger partial charge in [0.1, 0.15) is 11.4 Å². The van der Waals surface area contributed by atoms with Crippen LogP contribution in [-0.4, -0.2) is 95.2 Å². The molecule has 0 rings (SSSR count). The summed E-state index contributed by atoms with van der Waals surface area (Å²) in [6.07, 6.45) is 0. The van der Waals surface area contributed by atoms with Crippen LogP contribution in [0.5, 0.6) is 0 Å². The van der Waals surface area contributed by atoms with Crippen LogP contribution in [0.25, 0.3) is 0 Å². The molecule has 0 aromatic rings. The molecule has 0 aromatic carbocycles. The zero-order valence-electron chi connectivity index (χ0n) is 17.1. The number of hydrogen-bond acceptors (Lipinski definition) is 7. The Morgan fingerprint density at radius 1 is 0.565 bits per heavy atom. The highest BCUT2D eigenvalue weighted by Gasteiger charge is 2.49. The highest BCUT2D eigenvalue weighted by molar-refractivity contribution is 4.85. The first-order chi connectivity index (χ1) is 9.90. The molecule has 0 heterocycles. The van der Waals surface area contributed by atoms with Crippen LogP contribution < -0.4 is 0 Å². The number of ether oxygens (including phenoxy) is 1. The molecular formula is C16H38N4O3. The molecule has 0 spiro atoms. The summed E-state index contributed by atoms with van der Waals surface area (Å²) < 4.78 is 6.51. The van der Waals surface area contributed by atoms with Crippen molar-refractivity contribution in [2.45, 2.75) is 64.7 Å². The lowest BCUT2D eigenvalue weighted by atomic mass is 10.2. The van der Waals surface area contributed by atoms with E-state index in [1.54, 1.807) is 51.6 Å². The van der Waals surface area contributed by atoms with Crippen molar-refractivity contribution >= 4 is 0 Å². The van der Waals surface area contributed by atoms with Gasteiger partial charge < -0.3 is 14.9 Å². The van der Waals surface area contributed by atoms with Crippen LogP contribution in [-0.2, 0) is 4.74 Å². The summed E-state index contributed by atoms with van der Waals surface area (Å²) in [5, 5.41) is 20.9. The summed E-state index contributed by atoms with van der Waals surface area (Å²) >= 11 is 0. The molecule has 0 saturated carbocycles. The van der Waals surface area contributed by atoms with Gasteiger partial charge in [0.2, 0.25) is 0 Å². The van der Waals surface area contributed by atoms with Crippen molar-refractivity contribution in [1.29, 1.82) is 0 Å².